The number of hydrogen-bond donors (Lipinski definition) is 1. The lowest BCUT2D eigenvalue weighted by Gasteiger charge is -2.40. The smallest absolute Gasteiger partial charge is 0.145 e. The lowest BCUT2D eigenvalue weighted by atomic mass is 9.78. The van der Waals surface area contributed by atoms with E-state index in [4.69, 9.17) is 52.9 Å². The number of anilines is 2. The first-order valence-electron chi connectivity index (χ1n) is 14.5. The number of piperidine rings is 1. The Kier molecular flexibility index (Phi) is 7.35. The minimum atomic E-state index is 0.318. The van der Waals surface area contributed by atoms with Crippen molar-refractivity contribution >= 4 is 51.1 Å². The fraction of sp³-hybridized carbons (Fsp3) is 0.333. The summed E-state index contributed by atoms with van der Waals surface area (Å²) in [5, 5.41) is 1.60. The predicted octanol–water partition coefficient (Wildman–Crippen LogP) is 7.14. The number of halogens is 2. The number of rotatable bonds is 6. The van der Waals surface area contributed by atoms with Crippen LogP contribution in [0.2, 0.25) is 10.0 Å². The van der Waals surface area contributed by atoms with Crippen molar-refractivity contribution in [2.75, 3.05) is 58.3 Å². The number of fused-ring (bicyclic) bond motifs is 3. The molecule has 0 bridgehead atoms. The Morgan fingerprint density at radius 1 is 0.864 bits per heavy atom. The van der Waals surface area contributed by atoms with Gasteiger partial charge in [-0.1, -0.05) is 23.2 Å². The van der Waals surface area contributed by atoms with Crippen LogP contribution in [-0.4, -0.2) is 62.0 Å². The molecule has 228 valence electrons. The van der Waals surface area contributed by atoms with Crippen LogP contribution in [0.3, 0.4) is 0 Å². The van der Waals surface area contributed by atoms with E-state index in [9.17, 15) is 0 Å². The molecule has 0 radical (unpaired) electrons. The number of nitrogen functional groups attached to an aromatic ring is 1. The van der Waals surface area contributed by atoms with E-state index in [1.165, 1.54) is 0 Å². The molecule has 5 heterocycles. The van der Waals surface area contributed by atoms with Crippen LogP contribution in [0.4, 0.5) is 11.4 Å². The second kappa shape index (κ2) is 11.2. The minimum absolute atomic E-state index is 0.318. The van der Waals surface area contributed by atoms with Crippen molar-refractivity contribution in [1.29, 1.82) is 0 Å². The summed E-state index contributed by atoms with van der Waals surface area (Å²) < 4.78 is 24.6. The number of nitrogens with two attached hydrogens (primary N) is 1. The molecule has 2 aromatic carbocycles. The van der Waals surface area contributed by atoms with Crippen LogP contribution in [0.25, 0.3) is 38.9 Å². The van der Waals surface area contributed by atoms with Crippen LogP contribution in [0.15, 0.2) is 48.9 Å². The molecule has 9 nitrogen and oxygen atoms in total. The van der Waals surface area contributed by atoms with Gasteiger partial charge in [-0.15, -0.1) is 0 Å². The molecule has 3 aromatic heterocycles. The summed E-state index contributed by atoms with van der Waals surface area (Å²) in [6, 6.07) is 9.67. The summed E-state index contributed by atoms with van der Waals surface area (Å²) in [5.74, 6) is 1.61. The van der Waals surface area contributed by atoms with Crippen LogP contribution < -0.4 is 24.8 Å². The van der Waals surface area contributed by atoms with Crippen molar-refractivity contribution in [1.82, 2.24) is 14.4 Å². The molecule has 2 fully saturated rings. The van der Waals surface area contributed by atoms with Gasteiger partial charge in [-0.05, 0) is 42.9 Å². The van der Waals surface area contributed by atoms with E-state index in [0.29, 0.717) is 49.6 Å². The van der Waals surface area contributed by atoms with Gasteiger partial charge >= 0.3 is 0 Å². The Morgan fingerprint density at radius 2 is 1.59 bits per heavy atom. The van der Waals surface area contributed by atoms with Gasteiger partial charge in [-0.3, -0.25) is 9.38 Å². The van der Waals surface area contributed by atoms with Crippen molar-refractivity contribution < 1.29 is 18.9 Å². The van der Waals surface area contributed by atoms with Crippen molar-refractivity contribution in [3.63, 3.8) is 0 Å². The average Bonchev–Trinajstić information content (AvgIpc) is 3.72. The Balaban J connectivity index is 1.30. The van der Waals surface area contributed by atoms with Gasteiger partial charge in [0.2, 0.25) is 0 Å². The summed E-state index contributed by atoms with van der Waals surface area (Å²) in [4.78, 5) is 11.9. The maximum absolute atomic E-state index is 6.80. The molecule has 0 aliphatic carbocycles. The highest BCUT2D eigenvalue weighted by Crippen LogP contribution is 2.48. The molecule has 1 spiro atoms. The van der Waals surface area contributed by atoms with Gasteiger partial charge in [0, 0.05) is 72.5 Å². The quantitative estimate of drug-likeness (QED) is 0.197. The third-order valence-corrected chi connectivity index (χ3v) is 9.92. The zero-order valence-corrected chi connectivity index (χ0v) is 26.3. The highest BCUT2D eigenvalue weighted by molar-refractivity contribution is 6.41. The second-order valence-corrected chi connectivity index (χ2v) is 12.2. The van der Waals surface area contributed by atoms with E-state index in [2.05, 4.69) is 9.88 Å². The Bertz CT molecular complexity index is 1870. The van der Waals surface area contributed by atoms with Crippen molar-refractivity contribution in [3.05, 3.63) is 59.0 Å². The van der Waals surface area contributed by atoms with E-state index < -0.39 is 0 Å². The first-order valence-corrected chi connectivity index (χ1v) is 15.3. The number of hydrogen-bond acceptors (Lipinski definition) is 8. The number of benzene rings is 2. The monoisotopic (exact) mass is 633 g/mol. The molecule has 5 aromatic rings. The van der Waals surface area contributed by atoms with Gasteiger partial charge in [-0.2, -0.15) is 0 Å². The molecule has 2 aliphatic rings. The zero-order valence-electron chi connectivity index (χ0n) is 24.8. The molecule has 2 saturated heterocycles. The molecule has 2 N–H and O–H groups in total. The van der Waals surface area contributed by atoms with Gasteiger partial charge in [0.1, 0.15) is 22.9 Å². The fourth-order valence-electron chi connectivity index (χ4n) is 6.64. The van der Waals surface area contributed by atoms with Crippen molar-refractivity contribution in [3.8, 4) is 39.6 Å². The standard InChI is InChI=1S/C33H33Cl2N5O4/c1-41-26-15-25(39-8-4-33(5-9-39)6-11-44-18-33)22(36)13-20(26)23-14-24-19(17-38-23)12-21(32-37-7-10-40(24)32)29-30(34)27(42-2)16-28(43-3)31(29)35/h7,10,12-17H,4-6,8-9,11,18,36H2,1-3H3. The third kappa shape index (κ3) is 4.65. The van der Waals surface area contributed by atoms with Gasteiger partial charge < -0.3 is 29.6 Å². The Labute approximate surface area is 265 Å². The summed E-state index contributed by atoms with van der Waals surface area (Å²) in [6.45, 7) is 3.62. The SMILES string of the molecule is COc1cc(N2CCC3(CCOC3)CC2)c(N)cc1-c1cc2c(cn1)cc(-c1c(Cl)c(OC)cc(OC)c1Cl)c1nccn12. The maximum Gasteiger partial charge on any atom is 0.145 e. The second-order valence-electron chi connectivity index (χ2n) is 11.5. The first kappa shape index (κ1) is 28.8. The van der Waals surface area contributed by atoms with E-state index in [-0.39, 0.29) is 0 Å². The normalized spacial score (nSPS) is 16.2. The largest absolute Gasteiger partial charge is 0.496 e. The Morgan fingerprint density at radius 3 is 2.25 bits per heavy atom. The predicted molar refractivity (Wildman–Crippen MR) is 175 cm³/mol. The molecule has 2 aliphatic heterocycles. The number of nitrogens with zero attached hydrogens (tertiary/aromatic N) is 4. The summed E-state index contributed by atoms with van der Waals surface area (Å²) >= 11 is 13.6. The number of methoxy groups -OCH3 is 3. The van der Waals surface area contributed by atoms with E-state index in [1.807, 2.05) is 41.1 Å². The number of pyridine rings is 2. The van der Waals surface area contributed by atoms with Gasteiger partial charge in [0.15, 0.2) is 0 Å². The van der Waals surface area contributed by atoms with Crippen LogP contribution >= 0.6 is 23.2 Å². The van der Waals surface area contributed by atoms with Crippen LogP contribution in [-0.2, 0) is 4.74 Å². The molecule has 0 saturated carbocycles. The van der Waals surface area contributed by atoms with Crippen LogP contribution in [0.5, 0.6) is 17.2 Å². The highest BCUT2D eigenvalue weighted by atomic mass is 35.5. The number of imidazole rings is 1. The lowest BCUT2D eigenvalue weighted by molar-refractivity contribution is 0.134. The molecular weight excluding hydrogens is 601 g/mol. The topological polar surface area (TPSA) is 96.4 Å². The molecule has 0 amide bonds. The lowest BCUT2D eigenvalue weighted by Crippen LogP contribution is -2.40. The average molecular weight is 635 g/mol. The molecule has 7 rings (SSSR count). The Hall–Kier alpha value is -3.92. The number of ether oxygens (including phenoxy) is 4. The maximum atomic E-state index is 6.80. The fourth-order valence-corrected chi connectivity index (χ4v) is 7.34. The van der Waals surface area contributed by atoms with Gasteiger partial charge in [0.05, 0.1) is 60.6 Å². The van der Waals surface area contributed by atoms with Crippen LogP contribution in [0, 0.1) is 5.41 Å². The van der Waals surface area contributed by atoms with Gasteiger partial charge in [0.25, 0.3) is 0 Å². The minimum Gasteiger partial charge on any atom is -0.496 e. The molecule has 44 heavy (non-hydrogen) atoms. The highest BCUT2D eigenvalue weighted by Gasteiger charge is 2.38. The molecule has 0 atom stereocenters. The van der Waals surface area contributed by atoms with Gasteiger partial charge in [-0.25, -0.2) is 4.98 Å². The van der Waals surface area contributed by atoms with E-state index in [1.54, 1.807) is 33.6 Å². The first-order chi connectivity index (χ1) is 21.4. The van der Waals surface area contributed by atoms with Crippen molar-refractivity contribution in [2.24, 2.45) is 5.41 Å². The summed E-state index contributed by atoms with van der Waals surface area (Å²) in [5.41, 5.74) is 13.1. The zero-order chi connectivity index (χ0) is 30.6. The summed E-state index contributed by atoms with van der Waals surface area (Å²) in [7, 11) is 4.78. The molecule has 11 heteroatoms. The van der Waals surface area contributed by atoms with E-state index in [0.717, 1.165) is 79.0 Å². The number of aromatic nitrogens is 3. The molecule has 0 unspecified atom stereocenters. The molecular formula is C33H33Cl2N5O4. The summed E-state index contributed by atoms with van der Waals surface area (Å²) in [6.07, 6.45) is 8.81. The third-order valence-electron chi connectivity index (χ3n) is 9.17. The van der Waals surface area contributed by atoms with Crippen LogP contribution in [0.1, 0.15) is 19.3 Å². The van der Waals surface area contributed by atoms with E-state index >= 15 is 0 Å². The van der Waals surface area contributed by atoms with Crippen molar-refractivity contribution in [2.45, 2.75) is 19.3 Å².